The number of carbonyl (C=O) groups excluding carboxylic acids is 1. The minimum atomic E-state index is -0.634. The van der Waals surface area contributed by atoms with E-state index >= 15 is 0 Å². The zero-order valence-electron chi connectivity index (χ0n) is 22.3. The average molecular weight is 584 g/mol. The molecule has 3 aromatic carbocycles. The van der Waals surface area contributed by atoms with Gasteiger partial charge in [-0.25, -0.2) is 4.98 Å². The summed E-state index contributed by atoms with van der Waals surface area (Å²) in [4.78, 5) is 21.6. The third-order valence-corrected chi connectivity index (χ3v) is 9.38. The predicted molar refractivity (Wildman–Crippen MR) is 162 cm³/mol. The summed E-state index contributed by atoms with van der Waals surface area (Å²) >= 11 is 3.39. The lowest BCUT2D eigenvalue weighted by Crippen LogP contribution is -2.38. The van der Waals surface area contributed by atoms with Gasteiger partial charge in [0.05, 0.1) is 34.6 Å². The van der Waals surface area contributed by atoms with E-state index in [1.54, 1.807) is 41.4 Å². The number of para-hydroxylation sites is 1. The van der Waals surface area contributed by atoms with Crippen LogP contribution in [0.1, 0.15) is 46.4 Å². The van der Waals surface area contributed by atoms with E-state index in [1.165, 1.54) is 10.9 Å². The number of nitrogens with zero attached hydrogens (tertiary/aromatic N) is 2. The largest absolute Gasteiger partial charge is 0.392 e. The van der Waals surface area contributed by atoms with Crippen LogP contribution < -0.4 is 5.32 Å². The Labute approximate surface area is 246 Å². The Morgan fingerprint density at radius 1 is 1.00 bits per heavy atom. The third-order valence-electron chi connectivity index (χ3n) is 7.11. The van der Waals surface area contributed by atoms with E-state index in [4.69, 9.17) is 14.5 Å². The normalized spacial score (nSPS) is 20.6. The Kier molecular flexibility index (Phi) is 8.41. The molecule has 1 aliphatic heterocycles. The maximum Gasteiger partial charge on any atom is 0.257 e. The summed E-state index contributed by atoms with van der Waals surface area (Å²) in [5.74, 6) is 0.534. The molecule has 1 aliphatic rings. The van der Waals surface area contributed by atoms with Gasteiger partial charge in [0.15, 0.2) is 10.6 Å². The molecule has 1 amide bonds. The third kappa shape index (κ3) is 6.34. The number of hydrogen-bond donors (Lipinski definition) is 2. The zero-order chi connectivity index (χ0) is 28.2. The number of hydrogen-bond acceptors (Lipinski definition) is 8. The van der Waals surface area contributed by atoms with Gasteiger partial charge in [0.25, 0.3) is 5.91 Å². The molecule has 1 saturated heterocycles. The molecule has 0 bridgehead atoms. The van der Waals surface area contributed by atoms with Crippen LogP contribution in [0.3, 0.4) is 0 Å². The van der Waals surface area contributed by atoms with Crippen molar-refractivity contribution in [1.82, 2.24) is 9.97 Å². The average Bonchev–Trinajstić information content (AvgIpc) is 3.44. The Bertz CT molecular complexity index is 1590. The van der Waals surface area contributed by atoms with Crippen LogP contribution in [0.15, 0.2) is 102 Å². The molecule has 208 valence electrons. The minimum absolute atomic E-state index is 0.00786. The van der Waals surface area contributed by atoms with Crippen LogP contribution in [0, 0.1) is 5.92 Å². The first kappa shape index (κ1) is 27.6. The smallest absolute Gasteiger partial charge is 0.257 e. The van der Waals surface area contributed by atoms with Gasteiger partial charge in [-0.1, -0.05) is 67.2 Å². The fraction of sp³-hybridized carbons (Fsp3) is 0.219. The van der Waals surface area contributed by atoms with Crippen molar-refractivity contribution in [2.24, 2.45) is 5.92 Å². The Morgan fingerprint density at radius 2 is 1.85 bits per heavy atom. The van der Waals surface area contributed by atoms with Crippen LogP contribution in [0.25, 0.3) is 10.2 Å². The highest BCUT2D eigenvalue weighted by Gasteiger charge is 2.38. The van der Waals surface area contributed by atoms with Crippen LogP contribution in [0.5, 0.6) is 0 Å². The van der Waals surface area contributed by atoms with Gasteiger partial charge in [-0.15, -0.1) is 11.3 Å². The summed E-state index contributed by atoms with van der Waals surface area (Å²) in [5, 5.41) is 12.5. The van der Waals surface area contributed by atoms with Gasteiger partial charge >= 0.3 is 0 Å². The number of amides is 1. The lowest BCUT2D eigenvalue weighted by Gasteiger charge is -2.41. The van der Waals surface area contributed by atoms with Crippen molar-refractivity contribution >= 4 is 44.9 Å². The standard InChI is InChI=1S/C32H29N3O4S2/c1-20-27(19-40-32-35-26-9-2-3-10-28(26)41-32)38-31(39-29(20)22-13-11-21(18-36)12-14-22)23-6-4-8-25(16-23)34-30(37)24-7-5-15-33-17-24/h2-17,20,27,29,31,36H,18-19H2,1H3,(H,34,37). The second-order valence-electron chi connectivity index (χ2n) is 9.90. The van der Waals surface area contributed by atoms with E-state index in [0.29, 0.717) is 17.0 Å². The molecule has 9 heteroatoms. The van der Waals surface area contributed by atoms with Gasteiger partial charge in [-0.3, -0.25) is 9.78 Å². The molecular weight excluding hydrogens is 555 g/mol. The number of aliphatic hydroxyl groups excluding tert-OH is 1. The Balaban J connectivity index is 1.24. The lowest BCUT2D eigenvalue weighted by molar-refractivity contribution is -0.268. The van der Waals surface area contributed by atoms with Gasteiger partial charge in [-0.2, -0.15) is 0 Å². The van der Waals surface area contributed by atoms with Crippen molar-refractivity contribution in [3.05, 3.63) is 120 Å². The van der Waals surface area contributed by atoms with Crippen molar-refractivity contribution in [1.29, 1.82) is 0 Å². The molecule has 7 nitrogen and oxygen atoms in total. The van der Waals surface area contributed by atoms with E-state index in [2.05, 4.69) is 23.3 Å². The topological polar surface area (TPSA) is 93.6 Å². The van der Waals surface area contributed by atoms with Crippen molar-refractivity contribution in [2.45, 2.75) is 36.4 Å². The van der Waals surface area contributed by atoms with E-state index in [0.717, 1.165) is 26.5 Å². The number of thioether (sulfide) groups is 1. The summed E-state index contributed by atoms with van der Waals surface area (Å²) in [6, 6.07) is 27.1. The molecule has 6 rings (SSSR count). The monoisotopic (exact) mass is 583 g/mol. The number of carbonyl (C=O) groups is 1. The number of benzene rings is 3. The van der Waals surface area contributed by atoms with Crippen LogP contribution in [0.2, 0.25) is 0 Å². The van der Waals surface area contributed by atoms with Crippen LogP contribution in [-0.2, 0) is 16.1 Å². The summed E-state index contributed by atoms with van der Waals surface area (Å²) < 4.78 is 15.4. The van der Waals surface area contributed by atoms with Gasteiger partial charge < -0.3 is 19.9 Å². The van der Waals surface area contributed by atoms with Gasteiger partial charge in [-0.05, 0) is 47.5 Å². The molecule has 0 saturated carbocycles. The maximum absolute atomic E-state index is 12.7. The Hall–Kier alpha value is -3.60. The van der Waals surface area contributed by atoms with Gasteiger partial charge in [0.2, 0.25) is 0 Å². The molecule has 4 unspecified atom stereocenters. The van der Waals surface area contributed by atoms with Gasteiger partial charge in [0.1, 0.15) is 0 Å². The Morgan fingerprint density at radius 3 is 2.63 bits per heavy atom. The molecule has 3 heterocycles. The number of fused-ring (bicyclic) bond motifs is 1. The van der Waals surface area contributed by atoms with Crippen molar-refractivity contribution < 1.29 is 19.4 Å². The number of aliphatic hydroxyl groups is 1. The highest BCUT2D eigenvalue weighted by Crippen LogP contribution is 2.43. The highest BCUT2D eigenvalue weighted by molar-refractivity contribution is 8.01. The summed E-state index contributed by atoms with van der Waals surface area (Å²) in [5.41, 5.74) is 4.82. The lowest BCUT2D eigenvalue weighted by atomic mass is 9.91. The maximum atomic E-state index is 12.7. The summed E-state index contributed by atoms with van der Waals surface area (Å²) in [6.45, 7) is 2.14. The first-order valence-electron chi connectivity index (χ1n) is 13.4. The number of pyridine rings is 1. The fourth-order valence-corrected chi connectivity index (χ4v) is 7.10. The summed E-state index contributed by atoms with van der Waals surface area (Å²) in [7, 11) is 0. The molecule has 2 aromatic heterocycles. The first-order valence-corrected chi connectivity index (χ1v) is 15.2. The fourth-order valence-electron chi connectivity index (χ4n) is 4.84. The van der Waals surface area contributed by atoms with Gasteiger partial charge in [0, 0.05) is 35.3 Å². The zero-order valence-corrected chi connectivity index (χ0v) is 24.0. The summed E-state index contributed by atoms with van der Waals surface area (Å²) in [6.07, 6.45) is 2.19. The van der Waals surface area contributed by atoms with Crippen LogP contribution in [-0.4, -0.2) is 32.8 Å². The molecule has 0 aliphatic carbocycles. The quantitative estimate of drug-likeness (QED) is 0.190. The molecule has 0 radical (unpaired) electrons. The van der Waals surface area contributed by atoms with Crippen molar-refractivity contribution in [3.8, 4) is 0 Å². The van der Waals surface area contributed by atoms with E-state index in [9.17, 15) is 9.90 Å². The first-order chi connectivity index (χ1) is 20.1. The van der Waals surface area contributed by atoms with Crippen molar-refractivity contribution in [2.75, 3.05) is 11.1 Å². The molecule has 0 spiro atoms. The minimum Gasteiger partial charge on any atom is -0.392 e. The molecule has 41 heavy (non-hydrogen) atoms. The van der Waals surface area contributed by atoms with E-state index in [-0.39, 0.29) is 30.6 Å². The van der Waals surface area contributed by atoms with Crippen LogP contribution in [0.4, 0.5) is 5.69 Å². The number of anilines is 1. The number of ether oxygens (including phenoxy) is 2. The second-order valence-corrected chi connectivity index (χ2v) is 12.2. The molecule has 4 atom stereocenters. The molecule has 2 N–H and O–H groups in total. The predicted octanol–water partition coefficient (Wildman–Crippen LogP) is 7.02. The van der Waals surface area contributed by atoms with Crippen LogP contribution >= 0.6 is 23.1 Å². The second kappa shape index (κ2) is 12.5. The van der Waals surface area contributed by atoms with E-state index < -0.39 is 6.29 Å². The molecule has 5 aromatic rings. The SMILES string of the molecule is CC1C(CSc2nc3ccccc3s2)OC(c2cccc(NC(=O)c3cccnc3)c2)OC1c1ccc(CO)cc1. The number of aromatic nitrogens is 2. The van der Waals surface area contributed by atoms with Crippen molar-refractivity contribution in [3.63, 3.8) is 0 Å². The number of rotatable bonds is 8. The van der Waals surface area contributed by atoms with E-state index in [1.807, 2.05) is 66.7 Å². The molecular formula is C32H29N3O4S2. The number of thiazole rings is 1. The number of nitrogens with one attached hydrogen (secondary N) is 1. The molecule has 1 fully saturated rings. The highest BCUT2D eigenvalue weighted by atomic mass is 32.2.